The van der Waals surface area contributed by atoms with E-state index >= 15 is 0 Å². The van der Waals surface area contributed by atoms with Gasteiger partial charge in [-0.15, -0.1) is 0 Å². The summed E-state index contributed by atoms with van der Waals surface area (Å²) in [5.74, 6) is -0.638. The summed E-state index contributed by atoms with van der Waals surface area (Å²) in [7, 11) is 0. The van der Waals surface area contributed by atoms with Gasteiger partial charge in [-0.1, -0.05) is 13.8 Å². The molecule has 0 aromatic heterocycles. The van der Waals surface area contributed by atoms with Crippen molar-refractivity contribution in [3.63, 3.8) is 0 Å². The molecule has 2 aromatic rings. The molecule has 0 saturated carbocycles. The molecule has 0 aliphatic heterocycles. The maximum absolute atomic E-state index is 12.6. The number of carbonyl (C=O) groups is 2. The summed E-state index contributed by atoms with van der Waals surface area (Å²) in [6.07, 6.45) is 0. The lowest BCUT2D eigenvalue weighted by atomic mass is 10.1. The Kier molecular flexibility index (Phi) is 8.95. The number of anilines is 1. The Morgan fingerprint density at radius 2 is 1.68 bits per heavy atom. The molecule has 0 bridgehead atoms. The van der Waals surface area contributed by atoms with Crippen LogP contribution in [0.25, 0.3) is 0 Å². The molecule has 0 radical (unpaired) electrons. The minimum Gasteiger partial charge on any atom is -0.492 e. The van der Waals surface area contributed by atoms with Crippen LogP contribution in [0.15, 0.2) is 42.5 Å². The summed E-state index contributed by atoms with van der Waals surface area (Å²) in [5.41, 5.74) is 0.0490. The van der Waals surface area contributed by atoms with Gasteiger partial charge in [-0.3, -0.25) is 14.9 Å². The van der Waals surface area contributed by atoms with Crippen LogP contribution in [0.1, 0.15) is 41.5 Å². The second-order valence-electron chi connectivity index (χ2n) is 6.60. The number of amides is 1. The van der Waals surface area contributed by atoms with E-state index in [4.69, 9.17) is 9.47 Å². The van der Waals surface area contributed by atoms with Crippen LogP contribution in [-0.2, 0) is 4.74 Å². The molecule has 0 aliphatic carbocycles. The van der Waals surface area contributed by atoms with Crippen LogP contribution in [0.5, 0.6) is 5.75 Å². The Balaban J connectivity index is 2.07. The van der Waals surface area contributed by atoms with Crippen LogP contribution in [0, 0.1) is 10.1 Å². The molecule has 0 spiro atoms. The zero-order chi connectivity index (χ0) is 22.8. The molecule has 9 heteroatoms. The number of nitro groups is 1. The van der Waals surface area contributed by atoms with Crippen LogP contribution in [0.3, 0.4) is 0 Å². The fourth-order valence-corrected chi connectivity index (χ4v) is 2.85. The van der Waals surface area contributed by atoms with Gasteiger partial charge in [0.2, 0.25) is 0 Å². The first-order valence-electron chi connectivity index (χ1n) is 10.1. The second kappa shape index (κ2) is 11.7. The van der Waals surface area contributed by atoms with Crippen molar-refractivity contribution >= 4 is 23.3 Å². The van der Waals surface area contributed by atoms with E-state index in [2.05, 4.69) is 24.1 Å². The van der Waals surface area contributed by atoms with Crippen LogP contribution in [-0.4, -0.2) is 54.5 Å². The zero-order valence-electron chi connectivity index (χ0n) is 17.9. The summed E-state index contributed by atoms with van der Waals surface area (Å²) in [4.78, 5) is 37.3. The predicted molar refractivity (Wildman–Crippen MR) is 117 cm³/mol. The van der Waals surface area contributed by atoms with Crippen molar-refractivity contribution in [2.75, 3.05) is 38.2 Å². The number of hydrogen-bond acceptors (Lipinski definition) is 7. The molecule has 0 heterocycles. The van der Waals surface area contributed by atoms with Crippen molar-refractivity contribution in [3.05, 3.63) is 63.7 Å². The van der Waals surface area contributed by atoms with E-state index in [1.807, 2.05) is 0 Å². The van der Waals surface area contributed by atoms with Crippen molar-refractivity contribution in [1.29, 1.82) is 0 Å². The zero-order valence-corrected chi connectivity index (χ0v) is 17.9. The summed E-state index contributed by atoms with van der Waals surface area (Å²) < 4.78 is 10.6. The fourth-order valence-electron chi connectivity index (χ4n) is 2.85. The molecule has 166 valence electrons. The number of hydrogen-bond donors (Lipinski definition) is 1. The van der Waals surface area contributed by atoms with E-state index < -0.39 is 16.8 Å². The number of esters is 1. The first-order chi connectivity index (χ1) is 14.9. The number of rotatable bonds is 11. The number of benzene rings is 2. The van der Waals surface area contributed by atoms with E-state index in [9.17, 15) is 19.7 Å². The summed E-state index contributed by atoms with van der Waals surface area (Å²) >= 11 is 0. The molecule has 0 atom stereocenters. The van der Waals surface area contributed by atoms with E-state index in [1.165, 1.54) is 6.07 Å². The van der Waals surface area contributed by atoms with Gasteiger partial charge in [0.1, 0.15) is 12.4 Å². The van der Waals surface area contributed by atoms with Crippen molar-refractivity contribution in [2.45, 2.75) is 20.8 Å². The molecule has 0 fully saturated rings. The number of ether oxygens (including phenoxy) is 2. The molecule has 9 nitrogen and oxygen atoms in total. The number of nitrogens with one attached hydrogen (secondary N) is 1. The van der Waals surface area contributed by atoms with Crippen LogP contribution < -0.4 is 10.1 Å². The molecule has 0 saturated heterocycles. The average Bonchev–Trinajstić information content (AvgIpc) is 2.77. The lowest BCUT2D eigenvalue weighted by molar-refractivity contribution is -0.384. The molecular weight excluding hydrogens is 402 g/mol. The second-order valence-corrected chi connectivity index (χ2v) is 6.60. The topological polar surface area (TPSA) is 111 Å². The van der Waals surface area contributed by atoms with Gasteiger partial charge in [-0.2, -0.15) is 0 Å². The smallest absolute Gasteiger partial charge is 0.338 e. The number of nitrogens with zero attached hydrogens (tertiary/aromatic N) is 2. The SMILES string of the molecule is CCOC(=O)c1cc(C(=O)Nc2ccc(OCCN(CC)CC)cc2)cc([N+](=O)[O-])c1. The Morgan fingerprint density at radius 1 is 1.03 bits per heavy atom. The van der Waals surface area contributed by atoms with Gasteiger partial charge >= 0.3 is 5.97 Å². The number of nitro benzene ring substituents is 1. The maximum atomic E-state index is 12.6. The minimum absolute atomic E-state index is 0.0168. The molecule has 1 N–H and O–H groups in total. The minimum atomic E-state index is -0.730. The van der Waals surface area contributed by atoms with Crippen LogP contribution >= 0.6 is 0 Å². The standard InChI is InChI=1S/C22H27N3O6/c1-4-24(5-2)11-12-31-20-9-7-18(8-10-20)23-21(26)16-13-17(22(27)30-6-3)15-19(14-16)25(28)29/h7-10,13-15H,4-6,11-12H2,1-3H3,(H,23,26). The predicted octanol–water partition coefficient (Wildman–Crippen LogP) is 3.74. The Morgan fingerprint density at radius 3 is 2.26 bits per heavy atom. The number of carbonyl (C=O) groups excluding carboxylic acids is 2. The fraction of sp³-hybridized carbons (Fsp3) is 0.364. The highest BCUT2D eigenvalue weighted by atomic mass is 16.6. The lowest BCUT2D eigenvalue weighted by Gasteiger charge is -2.18. The van der Waals surface area contributed by atoms with E-state index in [-0.39, 0.29) is 23.4 Å². The average molecular weight is 429 g/mol. The first-order valence-corrected chi connectivity index (χ1v) is 10.1. The van der Waals surface area contributed by atoms with Crippen molar-refractivity contribution in [2.24, 2.45) is 0 Å². The molecule has 2 rings (SSSR count). The van der Waals surface area contributed by atoms with E-state index in [1.54, 1.807) is 31.2 Å². The Labute approximate surface area is 181 Å². The monoisotopic (exact) mass is 429 g/mol. The van der Waals surface area contributed by atoms with Crippen molar-refractivity contribution < 1.29 is 24.0 Å². The van der Waals surface area contributed by atoms with E-state index in [0.717, 1.165) is 31.8 Å². The highest BCUT2D eigenvalue weighted by molar-refractivity contribution is 6.06. The largest absolute Gasteiger partial charge is 0.492 e. The number of likely N-dealkylation sites (N-methyl/N-ethyl adjacent to an activating group) is 1. The maximum Gasteiger partial charge on any atom is 0.338 e. The molecule has 0 unspecified atom stereocenters. The summed E-state index contributed by atoms with van der Waals surface area (Å²) in [6.45, 7) is 9.22. The van der Waals surface area contributed by atoms with Crippen molar-refractivity contribution in [3.8, 4) is 5.75 Å². The molecule has 31 heavy (non-hydrogen) atoms. The molecule has 1 amide bonds. The molecular formula is C22H27N3O6. The number of non-ortho nitro benzene ring substituents is 1. The van der Waals surface area contributed by atoms with Crippen molar-refractivity contribution in [1.82, 2.24) is 4.90 Å². The van der Waals surface area contributed by atoms with Gasteiger partial charge in [0.15, 0.2) is 0 Å². The quantitative estimate of drug-likeness (QED) is 0.329. The third kappa shape index (κ3) is 7.07. The Hall–Kier alpha value is -3.46. The molecule has 2 aromatic carbocycles. The first kappa shape index (κ1) is 23.8. The highest BCUT2D eigenvalue weighted by Gasteiger charge is 2.19. The van der Waals surface area contributed by atoms with Gasteiger partial charge in [-0.25, -0.2) is 4.79 Å². The third-order valence-corrected chi connectivity index (χ3v) is 4.58. The van der Waals surface area contributed by atoms with Crippen LogP contribution in [0.2, 0.25) is 0 Å². The van der Waals surface area contributed by atoms with Gasteiger partial charge < -0.3 is 19.7 Å². The van der Waals surface area contributed by atoms with Crippen LogP contribution in [0.4, 0.5) is 11.4 Å². The molecule has 0 aliphatic rings. The van der Waals surface area contributed by atoms with E-state index in [0.29, 0.717) is 18.0 Å². The lowest BCUT2D eigenvalue weighted by Crippen LogP contribution is -2.27. The summed E-state index contributed by atoms with van der Waals surface area (Å²) in [5, 5.41) is 13.8. The third-order valence-electron chi connectivity index (χ3n) is 4.58. The summed E-state index contributed by atoms with van der Waals surface area (Å²) in [6, 6.07) is 10.3. The van der Waals surface area contributed by atoms with Gasteiger partial charge in [0.05, 0.1) is 17.1 Å². The van der Waals surface area contributed by atoms with Gasteiger partial charge in [0.25, 0.3) is 11.6 Å². The van der Waals surface area contributed by atoms with Gasteiger partial charge in [0, 0.05) is 29.9 Å². The Bertz CT molecular complexity index is 910. The normalized spacial score (nSPS) is 10.6. The highest BCUT2D eigenvalue weighted by Crippen LogP contribution is 2.21. The van der Waals surface area contributed by atoms with Gasteiger partial charge in [-0.05, 0) is 50.3 Å².